The van der Waals surface area contributed by atoms with Gasteiger partial charge in [-0.25, -0.2) is 9.48 Å². The van der Waals surface area contributed by atoms with E-state index in [1.54, 1.807) is 10.9 Å². The number of nitrogens with one attached hydrogen (secondary N) is 2. The molecular weight excluding hydrogens is 536 g/mol. The second kappa shape index (κ2) is 11.7. The Morgan fingerprint density at radius 1 is 0.907 bits per heavy atom. The van der Waals surface area contributed by atoms with Gasteiger partial charge in [-0.15, -0.1) is 0 Å². The first-order chi connectivity index (χ1) is 20.6. The molecule has 43 heavy (non-hydrogen) atoms. The van der Waals surface area contributed by atoms with Crippen LogP contribution in [0.2, 0.25) is 0 Å². The fourth-order valence-corrected chi connectivity index (χ4v) is 6.52. The molecule has 2 saturated heterocycles. The fourth-order valence-electron chi connectivity index (χ4n) is 6.52. The summed E-state index contributed by atoms with van der Waals surface area (Å²) in [7, 11) is 0. The van der Waals surface area contributed by atoms with Gasteiger partial charge in [0, 0.05) is 35.4 Å². The summed E-state index contributed by atoms with van der Waals surface area (Å²) in [5.74, 6) is 1.17. The number of benzene rings is 2. The van der Waals surface area contributed by atoms with Crippen LogP contribution in [0.5, 0.6) is 0 Å². The number of hydrogen-bond acceptors (Lipinski definition) is 4. The Hall–Kier alpha value is -4.46. The fraction of sp³-hybridized carbons (Fsp3) is 0.371. The topological polar surface area (TPSA) is 92.2 Å². The van der Waals surface area contributed by atoms with E-state index in [-0.39, 0.29) is 29.4 Å². The molecule has 2 aliphatic heterocycles. The number of aromatic nitrogens is 3. The number of carbonyl (C=O) groups excluding carboxylic acids is 2. The van der Waals surface area contributed by atoms with Gasteiger partial charge in [-0.2, -0.15) is 5.10 Å². The summed E-state index contributed by atoms with van der Waals surface area (Å²) in [5.41, 5.74) is 5.25. The highest BCUT2D eigenvalue weighted by molar-refractivity contribution is 5.99. The average Bonchev–Trinajstić information content (AvgIpc) is 3.52. The van der Waals surface area contributed by atoms with Crippen molar-refractivity contribution in [1.29, 1.82) is 0 Å². The molecule has 222 valence electrons. The van der Waals surface area contributed by atoms with Crippen LogP contribution in [0.25, 0.3) is 5.69 Å². The van der Waals surface area contributed by atoms with Gasteiger partial charge in [0.15, 0.2) is 0 Å². The lowest BCUT2D eigenvalue weighted by Gasteiger charge is -2.39. The molecule has 2 aromatic heterocycles. The lowest BCUT2D eigenvalue weighted by atomic mass is 9.85. The Bertz CT molecular complexity index is 1590. The predicted octanol–water partition coefficient (Wildman–Crippen LogP) is 7.14. The number of amides is 3. The van der Waals surface area contributed by atoms with Gasteiger partial charge < -0.3 is 10.2 Å². The SMILES string of the molecule is Cc1ccc(-n2nc(C(C)(C)C)cc2NC(=O)Nc2cccc(CC3CC4CCC(C3)N4C(=O)c3ccccn3)c2)cc1. The molecule has 0 aliphatic carbocycles. The molecule has 2 bridgehead atoms. The smallest absolute Gasteiger partial charge is 0.324 e. The summed E-state index contributed by atoms with van der Waals surface area (Å²) in [6.45, 7) is 8.37. The third-order valence-electron chi connectivity index (χ3n) is 8.66. The van der Waals surface area contributed by atoms with Crippen molar-refractivity contribution < 1.29 is 9.59 Å². The zero-order chi connectivity index (χ0) is 30.1. The Morgan fingerprint density at radius 2 is 1.65 bits per heavy atom. The third kappa shape index (κ3) is 6.33. The summed E-state index contributed by atoms with van der Waals surface area (Å²) in [4.78, 5) is 32.8. The van der Waals surface area contributed by atoms with Crippen molar-refractivity contribution in [3.8, 4) is 5.69 Å². The van der Waals surface area contributed by atoms with Crippen LogP contribution < -0.4 is 10.6 Å². The minimum Gasteiger partial charge on any atom is -0.331 e. The van der Waals surface area contributed by atoms with Gasteiger partial charge in [-0.1, -0.05) is 56.7 Å². The van der Waals surface area contributed by atoms with E-state index in [1.807, 2.05) is 67.6 Å². The van der Waals surface area contributed by atoms with E-state index in [1.165, 1.54) is 5.56 Å². The monoisotopic (exact) mass is 576 g/mol. The lowest BCUT2D eigenvalue weighted by molar-refractivity contribution is 0.0518. The molecule has 8 nitrogen and oxygen atoms in total. The molecule has 0 radical (unpaired) electrons. The molecule has 8 heteroatoms. The van der Waals surface area contributed by atoms with Crippen molar-refractivity contribution in [3.05, 3.63) is 102 Å². The second-order valence-corrected chi connectivity index (χ2v) is 13.0. The minimum absolute atomic E-state index is 0.0575. The van der Waals surface area contributed by atoms with Gasteiger partial charge in [0.25, 0.3) is 5.91 Å². The van der Waals surface area contributed by atoms with Crippen molar-refractivity contribution in [2.24, 2.45) is 5.92 Å². The van der Waals surface area contributed by atoms with Crippen LogP contribution in [0.1, 0.15) is 73.8 Å². The normalized spacial score (nSPS) is 19.7. The molecule has 2 aliphatic rings. The number of urea groups is 1. The van der Waals surface area contributed by atoms with E-state index in [0.29, 0.717) is 17.4 Å². The van der Waals surface area contributed by atoms with Crippen LogP contribution >= 0.6 is 0 Å². The van der Waals surface area contributed by atoms with Gasteiger partial charge in [0.2, 0.25) is 0 Å². The number of hydrogen-bond donors (Lipinski definition) is 2. The van der Waals surface area contributed by atoms with Crippen LogP contribution in [-0.2, 0) is 11.8 Å². The molecule has 2 atom stereocenters. The average molecular weight is 577 g/mol. The zero-order valence-electron chi connectivity index (χ0n) is 25.4. The van der Waals surface area contributed by atoms with E-state index in [0.717, 1.165) is 54.7 Å². The number of pyridine rings is 1. The number of rotatable bonds is 6. The highest BCUT2D eigenvalue weighted by atomic mass is 16.2. The number of anilines is 2. The Morgan fingerprint density at radius 3 is 2.33 bits per heavy atom. The maximum absolute atomic E-state index is 13.2. The Balaban J connectivity index is 1.11. The molecule has 4 aromatic rings. The molecule has 0 saturated carbocycles. The largest absolute Gasteiger partial charge is 0.331 e. The van der Waals surface area contributed by atoms with E-state index < -0.39 is 0 Å². The summed E-state index contributed by atoms with van der Waals surface area (Å²) in [6, 6.07) is 23.9. The van der Waals surface area contributed by atoms with Crippen LogP contribution in [0.3, 0.4) is 0 Å². The number of carbonyl (C=O) groups is 2. The summed E-state index contributed by atoms with van der Waals surface area (Å²) in [5, 5.41) is 10.9. The molecule has 2 N–H and O–H groups in total. The summed E-state index contributed by atoms with van der Waals surface area (Å²) < 4.78 is 1.79. The maximum atomic E-state index is 13.2. The molecule has 6 rings (SSSR count). The van der Waals surface area contributed by atoms with Gasteiger partial charge in [-0.3, -0.25) is 15.1 Å². The highest BCUT2D eigenvalue weighted by Crippen LogP contribution is 2.40. The second-order valence-electron chi connectivity index (χ2n) is 13.0. The Labute approximate surface area is 253 Å². The highest BCUT2D eigenvalue weighted by Gasteiger charge is 2.43. The molecule has 2 aromatic carbocycles. The van der Waals surface area contributed by atoms with Crippen LogP contribution in [0.4, 0.5) is 16.3 Å². The van der Waals surface area contributed by atoms with Crippen molar-refractivity contribution in [2.45, 2.75) is 77.3 Å². The zero-order valence-corrected chi connectivity index (χ0v) is 25.4. The lowest BCUT2D eigenvalue weighted by Crippen LogP contribution is -2.47. The summed E-state index contributed by atoms with van der Waals surface area (Å²) >= 11 is 0. The number of nitrogens with zero attached hydrogens (tertiary/aromatic N) is 4. The summed E-state index contributed by atoms with van der Waals surface area (Å²) in [6.07, 6.45) is 6.70. The molecule has 4 heterocycles. The number of fused-ring (bicyclic) bond motifs is 2. The van der Waals surface area contributed by atoms with Gasteiger partial charge in [0.05, 0.1) is 11.4 Å². The standard InChI is InChI=1S/C35H40N6O2/c1-23-11-13-27(14-12-23)41-32(22-31(39-41)35(2,3)4)38-34(43)37-26-9-7-8-24(19-26)18-25-20-28-15-16-29(21-25)40(28)33(42)30-10-5-6-17-36-30/h5-14,17,19,22,25,28-29H,15-16,18,20-21H2,1-4H3,(H2,37,38,43). The first-order valence-electron chi connectivity index (χ1n) is 15.2. The van der Waals surface area contributed by atoms with Crippen LogP contribution in [0, 0.1) is 12.8 Å². The van der Waals surface area contributed by atoms with Crippen molar-refractivity contribution in [3.63, 3.8) is 0 Å². The minimum atomic E-state index is -0.315. The molecule has 2 fully saturated rings. The van der Waals surface area contributed by atoms with Crippen LogP contribution in [-0.4, -0.2) is 43.7 Å². The quantitative estimate of drug-likeness (QED) is 0.255. The molecular formula is C35H40N6O2. The molecule has 0 spiro atoms. The van der Waals surface area contributed by atoms with Crippen molar-refractivity contribution >= 4 is 23.4 Å². The van der Waals surface area contributed by atoms with E-state index in [4.69, 9.17) is 5.10 Å². The van der Waals surface area contributed by atoms with Crippen molar-refractivity contribution in [2.75, 3.05) is 10.6 Å². The number of piperidine rings is 1. The number of aryl methyl sites for hydroxylation is 1. The predicted molar refractivity (Wildman–Crippen MR) is 170 cm³/mol. The van der Waals surface area contributed by atoms with Crippen molar-refractivity contribution in [1.82, 2.24) is 19.7 Å². The van der Waals surface area contributed by atoms with Gasteiger partial charge >= 0.3 is 6.03 Å². The first-order valence-corrected chi connectivity index (χ1v) is 15.2. The molecule has 2 unspecified atom stereocenters. The maximum Gasteiger partial charge on any atom is 0.324 e. The van der Waals surface area contributed by atoms with E-state index in [9.17, 15) is 9.59 Å². The van der Waals surface area contributed by atoms with Gasteiger partial charge in [0.1, 0.15) is 11.5 Å². The Kier molecular flexibility index (Phi) is 7.77. The van der Waals surface area contributed by atoms with E-state index in [2.05, 4.69) is 53.4 Å². The molecule has 3 amide bonds. The first kappa shape index (κ1) is 28.6. The third-order valence-corrected chi connectivity index (χ3v) is 8.66. The van der Waals surface area contributed by atoms with Gasteiger partial charge in [-0.05, 0) is 86.9 Å². The van der Waals surface area contributed by atoms with Crippen LogP contribution in [0.15, 0.2) is 79.0 Å². The van der Waals surface area contributed by atoms with E-state index >= 15 is 0 Å².